The van der Waals surface area contributed by atoms with Crippen molar-refractivity contribution in [2.45, 2.75) is 6.42 Å². The van der Waals surface area contributed by atoms with E-state index in [0.29, 0.717) is 22.0 Å². The molecule has 0 bridgehead atoms. The molecule has 0 unspecified atom stereocenters. The van der Waals surface area contributed by atoms with Gasteiger partial charge in [-0.05, 0) is 29.3 Å². The lowest BCUT2D eigenvalue weighted by molar-refractivity contribution is -0.115. The van der Waals surface area contributed by atoms with E-state index in [1.165, 1.54) is 7.05 Å². The summed E-state index contributed by atoms with van der Waals surface area (Å²) >= 11 is 5.89. The van der Waals surface area contributed by atoms with E-state index in [0.717, 1.165) is 16.2 Å². The third kappa shape index (κ3) is 3.16. The van der Waals surface area contributed by atoms with Crippen LogP contribution in [0.25, 0.3) is 11.3 Å². The topological polar surface area (TPSA) is 95.2 Å². The first-order chi connectivity index (χ1) is 13.4. The van der Waals surface area contributed by atoms with Gasteiger partial charge in [-0.2, -0.15) is 5.10 Å². The molecule has 1 aromatic heterocycles. The Hall–Kier alpha value is -3.45. The molecule has 1 aliphatic heterocycles. The first-order valence-electron chi connectivity index (χ1n) is 8.49. The van der Waals surface area contributed by atoms with Crippen molar-refractivity contribution in [3.63, 3.8) is 0 Å². The Balaban J connectivity index is 1.50. The van der Waals surface area contributed by atoms with E-state index < -0.39 is 5.91 Å². The largest absolute Gasteiger partial charge is 0.309 e. The second-order valence-corrected chi connectivity index (χ2v) is 6.84. The summed E-state index contributed by atoms with van der Waals surface area (Å²) in [5, 5.41) is 10.3. The van der Waals surface area contributed by atoms with Gasteiger partial charge in [-0.3, -0.25) is 24.4 Å². The Morgan fingerprint density at radius 1 is 1.14 bits per heavy atom. The number of carbonyl (C=O) groups excluding carboxylic acids is 3. The monoisotopic (exact) mass is 394 g/mol. The number of aromatic nitrogens is 2. The number of anilines is 1. The van der Waals surface area contributed by atoms with Gasteiger partial charge < -0.3 is 5.32 Å². The Bertz CT molecular complexity index is 1100. The highest BCUT2D eigenvalue weighted by molar-refractivity contribution is 6.30. The van der Waals surface area contributed by atoms with Crippen molar-refractivity contribution in [2.75, 3.05) is 12.4 Å². The highest BCUT2D eigenvalue weighted by atomic mass is 35.5. The SMILES string of the molecule is CN1C(=O)c2cccc(CC(=O)Nc3cc(-c4ccc(Cl)cc4)[nH]n3)c2C1=O. The van der Waals surface area contributed by atoms with Crippen LogP contribution < -0.4 is 5.32 Å². The number of fused-ring (bicyclic) bond motifs is 1. The third-order valence-corrected chi connectivity index (χ3v) is 4.81. The molecular formula is C20H15ClN4O3. The van der Waals surface area contributed by atoms with Crippen LogP contribution in [0.3, 0.4) is 0 Å². The molecule has 4 rings (SSSR count). The number of hydrogen-bond donors (Lipinski definition) is 2. The van der Waals surface area contributed by atoms with Crippen molar-refractivity contribution in [3.05, 3.63) is 70.2 Å². The quantitative estimate of drug-likeness (QED) is 0.664. The maximum Gasteiger partial charge on any atom is 0.261 e. The van der Waals surface area contributed by atoms with E-state index in [1.54, 1.807) is 36.4 Å². The summed E-state index contributed by atoms with van der Waals surface area (Å²) < 4.78 is 0. The highest BCUT2D eigenvalue weighted by Crippen LogP contribution is 2.26. The van der Waals surface area contributed by atoms with E-state index >= 15 is 0 Å². The average molecular weight is 395 g/mol. The van der Waals surface area contributed by atoms with Crippen molar-refractivity contribution in [1.82, 2.24) is 15.1 Å². The first kappa shape index (κ1) is 17.9. The van der Waals surface area contributed by atoms with Gasteiger partial charge in [0.1, 0.15) is 0 Å². The Morgan fingerprint density at radius 2 is 1.89 bits per heavy atom. The lowest BCUT2D eigenvalue weighted by Crippen LogP contribution is -2.24. The molecule has 140 valence electrons. The third-order valence-electron chi connectivity index (χ3n) is 4.56. The van der Waals surface area contributed by atoms with E-state index in [2.05, 4.69) is 15.5 Å². The van der Waals surface area contributed by atoms with Gasteiger partial charge in [-0.1, -0.05) is 35.9 Å². The number of imide groups is 1. The Kier molecular flexibility index (Phi) is 4.44. The summed E-state index contributed by atoms with van der Waals surface area (Å²) in [4.78, 5) is 37.9. The van der Waals surface area contributed by atoms with Crippen molar-refractivity contribution in [2.24, 2.45) is 0 Å². The number of hydrogen-bond acceptors (Lipinski definition) is 4. The van der Waals surface area contributed by atoms with E-state index in [-0.39, 0.29) is 23.8 Å². The molecule has 3 aromatic rings. The zero-order valence-electron chi connectivity index (χ0n) is 14.8. The lowest BCUT2D eigenvalue weighted by atomic mass is 10.00. The van der Waals surface area contributed by atoms with Gasteiger partial charge in [0.25, 0.3) is 11.8 Å². The summed E-state index contributed by atoms with van der Waals surface area (Å²) in [6, 6.07) is 13.8. The number of benzene rings is 2. The van der Waals surface area contributed by atoms with E-state index in [1.807, 2.05) is 12.1 Å². The predicted octanol–water partition coefficient (Wildman–Crippen LogP) is 3.14. The molecular weight excluding hydrogens is 380 g/mol. The molecule has 2 aromatic carbocycles. The average Bonchev–Trinajstić information content (AvgIpc) is 3.22. The van der Waals surface area contributed by atoms with Gasteiger partial charge in [-0.15, -0.1) is 0 Å². The molecule has 0 spiro atoms. The second-order valence-electron chi connectivity index (χ2n) is 6.41. The van der Waals surface area contributed by atoms with Crippen molar-refractivity contribution >= 4 is 35.1 Å². The molecule has 0 aliphatic carbocycles. The maximum atomic E-state index is 12.4. The van der Waals surface area contributed by atoms with Crippen LogP contribution in [0, 0.1) is 0 Å². The summed E-state index contributed by atoms with van der Waals surface area (Å²) in [5.41, 5.74) is 2.73. The fourth-order valence-corrected chi connectivity index (χ4v) is 3.27. The van der Waals surface area contributed by atoms with Crippen molar-refractivity contribution in [3.8, 4) is 11.3 Å². The van der Waals surface area contributed by atoms with Gasteiger partial charge in [0.2, 0.25) is 5.91 Å². The molecule has 0 atom stereocenters. The minimum Gasteiger partial charge on any atom is -0.309 e. The molecule has 0 radical (unpaired) electrons. The zero-order valence-corrected chi connectivity index (χ0v) is 15.6. The zero-order chi connectivity index (χ0) is 19.8. The van der Waals surface area contributed by atoms with Crippen LogP contribution in [-0.2, 0) is 11.2 Å². The highest BCUT2D eigenvalue weighted by Gasteiger charge is 2.34. The van der Waals surface area contributed by atoms with Gasteiger partial charge in [0, 0.05) is 18.1 Å². The van der Waals surface area contributed by atoms with Crippen LogP contribution in [0.1, 0.15) is 26.3 Å². The molecule has 1 aliphatic rings. The maximum absolute atomic E-state index is 12.4. The normalized spacial score (nSPS) is 13.0. The summed E-state index contributed by atoms with van der Waals surface area (Å²) in [5.74, 6) is -0.727. The van der Waals surface area contributed by atoms with Crippen LogP contribution in [0.4, 0.5) is 5.82 Å². The molecule has 0 saturated heterocycles. The van der Waals surface area contributed by atoms with Gasteiger partial charge >= 0.3 is 0 Å². The lowest BCUT2D eigenvalue weighted by Gasteiger charge is -2.06. The Morgan fingerprint density at radius 3 is 2.64 bits per heavy atom. The second kappa shape index (κ2) is 6.94. The minimum absolute atomic E-state index is 0.0425. The van der Waals surface area contributed by atoms with Crippen molar-refractivity contribution < 1.29 is 14.4 Å². The molecule has 0 saturated carbocycles. The van der Waals surface area contributed by atoms with E-state index in [9.17, 15) is 14.4 Å². The van der Waals surface area contributed by atoms with Gasteiger partial charge in [0.15, 0.2) is 5.82 Å². The molecule has 8 heteroatoms. The number of nitrogens with one attached hydrogen (secondary N) is 2. The summed E-state index contributed by atoms with van der Waals surface area (Å²) in [7, 11) is 1.43. The molecule has 0 fully saturated rings. The van der Waals surface area contributed by atoms with Gasteiger partial charge in [-0.25, -0.2) is 0 Å². The number of nitrogens with zero attached hydrogens (tertiary/aromatic N) is 2. The molecule has 2 N–H and O–H groups in total. The van der Waals surface area contributed by atoms with Crippen LogP contribution in [-0.4, -0.2) is 39.9 Å². The molecule has 3 amide bonds. The van der Waals surface area contributed by atoms with Crippen LogP contribution in [0.15, 0.2) is 48.5 Å². The smallest absolute Gasteiger partial charge is 0.261 e. The number of amides is 3. The van der Waals surface area contributed by atoms with Crippen molar-refractivity contribution in [1.29, 1.82) is 0 Å². The number of carbonyl (C=O) groups is 3. The Labute approximate surface area is 165 Å². The minimum atomic E-state index is -0.395. The number of aromatic amines is 1. The number of H-pyrrole nitrogens is 1. The summed E-state index contributed by atoms with van der Waals surface area (Å²) in [6.45, 7) is 0. The molecule has 2 heterocycles. The number of halogens is 1. The van der Waals surface area contributed by atoms with E-state index in [4.69, 9.17) is 11.6 Å². The van der Waals surface area contributed by atoms with Gasteiger partial charge in [0.05, 0.1) is 23.2 Å². The van der Waals surface area contributed by atoms with Crippen LogP contribution in [0.5, 0.6) is 0 Å². The standard InChI is InChI=1S/C20H15ClN4O3/c1-25-19(27)14-4-2-3-12(18(14)20(25)28)9-17(26)22-16-10-15(23-24-16)11-5-7-13(21)8-6-11/h2-8,10H,9H2,1H3,(H2,22,23,24,26). The summed E-state index contributed by atoms with van der Waals surface area (Å²) in [6.07, 6.45) is -0.0425. The molecule has 7 nitrogen and oxygen atoms in total. The fourth-order valence-electron chi connectivity index (χ4n) is 3.14. The molecule has 28 heavy (non-hydrogen) atoms. The fraction of sp³-hybridized carbons (Fsp3) is 0.100. The van der Waals surface area contributed by atoms with Crippen LogP contribution in [0.2, 0.25) is 5.02 Å². The number of rotatable bonds is 4. The van der Waals surface area contributed by atoms with Crippen LogP contribution >= 0.6 is 11.6 Å². The predicted molar refractivity (Wildman–Crippen MR) is 104 cm³/mol. The first-order valence-corrected chi connectivity index (χ1v) is 8.87.